The Labute approximate surface area is 194 Å². The largest absolute Gasteiger partial charge is 0.321 e. The predicted molar refractivity (Wildman–Crippen MR) is 125 cm³/mol. The molecule has 8 nitrogen and oxygen atoms in total. The van der Waals surface area contributed by atoms with E-state index in [0.717, 1.165) is 11.1 Å². The number of fused-ring (bicyclic) bond motifs is 1. The third kappa shape index (κ3) is 4.40. The van der Waals surface area contributed by atoms with Gasteiger partial charge in [0.15, 0.2) is 5.65 Å². The van der Waals surface area contributed by atoms with Gasteiger partial charge in [-0.25, -0.2) is 13.4 Å². The number of hydrogen-bond acceptors (Lipinski definition) is 5. The molecular formula is C21H17Cl2N5O3S. The second kappa shape index (κ2) is 8.42. The Morgan fingerprint density at radius 1 is 1.03 bits per heavy atom. The molecule has 0 atom stereocenters. The van der Waals surface area contributed by atoms with Crippen LogP contribution in [0.3, 0.4) is 0 Å². The van der Waals surface area contributed by atoms with Crippen molar-refractivity contribution in [1.82, 2.24) is 14.8 Å². The lowest BCUT2D eigenvalue weighted by Gasteiger charge is -2.11. The number of amides is 1. The van der Waals surface area contributed by atoms with Crippen molar-refractivity contribution in [2.75, 3.05) is 10.0 Å². The number of sulfonamides is 1. The zero-order chi connectivity index (χ0) is 23.0. The first-order valence-corrected chi connectivity index (χ1v) is 11.6. The molecule has 0 bridgehead atoms. The molecule has 0 aliphatic carbocycles. The van der Waals surface area contributed by atoms with Crippen molar-refractivity contribution in [2.24, 2.45) is 7.05 Å². The number of carbonyl (C=O) groups excluding carboxylic acids is 1. The number of hydrogen-bond donors (Lipinski definition) is 2. The Hall–Kier alpha value is -3.14. The van der Waals surface area contributed by atoms with Gasteiger partial charge in [0.1, 0.15) is 4.90 Å². The average Bonchev–Trinajstić information content (AvgIpc) is 3.03. The molecular weight excluding hydrogens is 473 g/mol. The number of halogens is 2. The molecule has 0 aliphatic rings. The molecule has 11 heteroatoms. The van der Waals surface area contributed by atoms with E-state index in [1.807, 2.05) is 6.92 Å². The lowest BCUT2D eigenvalue weighted by atomic mass is 10.2. The Morgan fingerprint density at radius 2 is 1.75 bits per heavy atom. The highest BCUT2D eigenvalue weighted by Crippen LogP contribution is 2.26. The molecule has 0 saturated carbocycles. The third-order valence-corrected chi connectivity index (χ3v) is 6.82. The third-order valence-electron chi connectivity index (χ3n) is 4.70. The molecule has 0 unspecified atom stereocenters. The van der Waals surface area contributed by atoms with Crippen molar-refractivity contribution in [3.63, 3.8) is 0 Å². The Kier molecular flexibility index (Phi) is 5.81. The number of anilines is 2. The monoisotopic (exact) mass is 489 g/mol. The van der Waals surface area contributed by atoms with Gasteiger partial charge < -0.3 is 5.32 Å². The van der Waals surface area contributed by atoms with Gasteiger partial charge >= 0.3 is 0 Å². The smallest absolute Gasteiger partial charge is 0.263 e. The van der Waals surface area contributed by atoms with E-state index in [2.05, 4.69) is 20.1 Å². The fraction of sp³-hybridized carbons (Fsp3) is 0.0952. The number of aryl methyl sites for hydroxylation is 2. The summed E-state index contributed by atoms with van der Waals surface area (Å²) in [6.45, 7) is 1.85. The number of aromatic nitrogens is 3. The average molecular weight is 490 g/mol. The Bertz CT molecular complexity index is 1450. The molecule has 1 amide bonds. The minimum atomic E-state index is -4.05. The first-order chi connectivity index (χ1) is 15.1. The molecule has 2 aromatic carbocycles. The van der Waals surface area contributed by atoms with Crippen molar-refractivity contribution in [2.45, 2.75) is 11.8 Å². The number of benzene rings is 2. The number of pyridine rings is 1. The van der Waals surface area contributed by atoms with Gasteiger partial charge in [-0.05, 0) is 55.5 Å². The summed E-state index contributed by atoms with van der Waals surface area (Å²) >= 11 is 12.0. The number of rotatable bonds is 5. The topological polar surface area (TPSA) is 106 Å². The van der Waals surface area contributed by atoms with Gasteiger partial charge in [0, 0.05) is 28.7 Å². The van der Waals surface area contributed by atoms with Crippen LogP contribution in [0.15, 0.2) is 59.6 Å². The van der Waals surface area contributed by atoms with Crippen LogP contribution in [0.5, 0.6) is 0 Å². The van der Waals surface area contributed by atoms with Gasteiger partial charge in [0.25, 0.3) is 15.9 Å². The number of carbonyl (C=O) groups is 1. The van der Waals surface area contributed by atoms with Crippen LogP contribution < -0.4 is 10.0 Å². The van der Waals surface area contributed by atoms with Gasteiger partial charge in [-0.1, -0.05) is 23.2 Å². The van der Waals surface area contributed by atoms with Crippen molar-refractivity contribution < 1.29 is 13.2 Å². The van der Waals surface area contributed by atoms with Crippen LogP contribution in [0.1, 0.15) is 16.1 Å². The lowest BCUT2D eigenvalue weighted by molar-refractivity contribution is 0.102. The fourth-order valence-electron chi connectivity index (χ4n) is 3.16. The molecule has 2 N–H and O–H groups in total. The van der Waals surface area contributed by atoms with Crippen LogP contribution in [0.2, 0.25) is 10.0 Å². The minimum absolute atomic E-state index is 0.0166. The van der Waals surface area contributed by atoms with E-state index in [9.17, 15) is 13.2 Å². The van der Waals surface area contributed by atoms with Gasteiger partial charge in [0.2, 0.25) is 0 Å². The second-order valence-corrected chi connectivity index (χ2v) is 9.51. The lowest BCUT2D eigenvalue weighted by Crippen LogP contribution is -2.16. The maximum atomic E-state index is 12.8. The van der Waals surface area contributed by atoms with Crippen LogP contribution >= 0.6 is 23.2 Å². The number of nitrogens with one attached hydrogen (secondary N) is 2. The molecule has 0 saturated heterocycles. The zero-order valence-electron chi connectivity index (χ0n) is 16.9. The van der Waals surface area contributed by atoms with E-state index in [0.29, 0.717) is 22.0 Å². The van der Waals surface area contributed by atoms with E-state index in [-0.39, 0.29) is 15.5 Å². The molecule has 0 aliphatic heterocycles. The molecule has 0 fully saturated rings. The molecule has 0 radical (unpaired) electrons. The Morgan fingerprint density at radius 3 is 2.47 bits per heavy atom. The maximum Gasteiger partial charge on any atom is 0.263 e. The highest BCUT2D eigenvalue weighted by molar-refractivity contribution is 7.92. The predicted octanol–water partition coefficient (Wildman–Crippen LogP) is 4.64. The van der Waals surface area contributed by atoms with Crippen LogP contribution in [0.25, 0.3) is 11.0 Å². The second-order valence-electron chi connectivity index (χ2n) is 7.02. The summed E-state index contributed by atoms with van der Waals surface area (Å²) in [4.78, 5) is 16.9. The van der Waals surface area contributed by atoms with Crippen LogP contribution in [0.4, 0.5) is 11.4 Å². The summed E-state index contributed by atoms with van der Waals surface area (Å²) < 4.78 is 29.8. The Balaban J connectivity index is 1.61. The van der Waals surface area contributed by atoms with Crippen molar-refractivity contribution in [3.05, 3.63) is 76.0 Å². The van der Waals surface area contributed by atoms with Gasteiger partial charge in [-0.3, -0.25) is 14.2 Å². The van der Waals surface area contributed by atoms with E-state index < -0.39 is 15.9 Å². The van der Waals surface area contributed by atoms with Crippen LogP contribution in [-0.2, 0) is 17.1 Å². The quantitative estimate of drug-likeness (QED) is 0.424. The summed E-state index contributed by atoms with van der Waals surface area (Å²) in [5.74, 6) is -0.507. The van der Waals surface area contributed by atoms with E-state index >= 15 is 0 Å². The minimum Gasteiger partial charge on any atom is -0.321 e. The number of nitrogens with zero attached hydrogens (tertiary/aromatic N) is 3. The molecule has 32 heavy (non-hydrogen) atoms. The molecule has 2 heterocycles. The fourth-order valence-corrected chi connectivity index (χ4v) is 4.87. The van der Waals surface area contributed by atoms with Gasteiger partial charge in [-0.15, -0.1) is 0 Å². The van der Waals surface area contributed by atoms with Crippen LogP contribution in [0, 0.1) is 6.92 Å². The molecule has 0 spiro atoms. The zero-order valence-corrected chi connectivity index (χ0v) is 19.3. The van der Waals surface area contributed by atoms with E-state index in [1.165, 1.54) is 36.5 Å². The standard InChI is InChI=1S/C21H17Cl2N5O3S/c1-12-17-10-16(11-24-20(17)28(2)26-12)25-21(29)13-3-8-18(23)19(9-13)32(30,31)27-15-6-4-14(22)5-7-15/h3-11,27H,1-2H3,(H,25,29). The molecule has 2 aromatic heterocycles. The first kappa shape index (κ1) is 22.1. The maximum absolute atomic E-state index is 12.8. The van der Waals surface area contributed by atoms with E-state index in [1.54, 1.807) is 29.9 Å². The van der Waals surface area contributed by atoms with Gasteiger partial charge in [0.05, 0.1) is 22.6 Å². The summed E-state index contributed by atoms with van der Waals surface area (Å²) in [7, 11) is -2.26. The summed E-state index contributed by atoms with van der Waals surface area (Å²) in [6, 6.07) is 11.9. The highest BCUT2D eigenvalue weighted by atomic mass is 35.5. The van der Waals surface area contributed by atoms with Crippen molar-refractivity contribution in [3.8, 4) is 0 Å². The van der Waals surface area contributed by atoms with Crippen LogP contribution in [-0.4, -0.2) is 29.1 Å². The summed E-state index contributed by atoms with van der Waals surface area (Å²) in [6.07, 6.45) is 1.51. The highest BCUT2D eigenvalue weighted by Gasteiger charge is 2.21. The van der Waals surface area contributed by atoms with Gasteiger partial charge in [-0.2, -0.15) is 5.10 Å². The summed E-state index contributed by atoms with van der Waals surface area (Å²) in [5.41, 5.74) is 2.35. The summed E-state index contributed by atoms with van der Waals surface area (Å²) in [5, 5.41) is 8.29. The van der Waals surface area contributed by atoms with Crippen molar-refractivity contribution in [1.29, 1.82) is 0 Å². The molecule has 4 aromatic rings. The normalized spacial score (nSPS) is 11.5. The van der Waals surface area contributed by atoms with E-state index in [4.69, 9.17) is 23.2 Å². The molecule has 164 valence electrons. The SMILES string of the molecule is Cc1nn(C)c2ncc(NC(=O)c3ccc(Cl)c(S(=O)(=O)Nc4ccc(Cl)cc4)c3)cc12. The first-order valence-electron chi connectivity index (χ1n) is 9.33. The molecule has 4 rings (SSSR count). The van der Waals surface area contributed by atoms with Crippen molar-refractivity contribution >= 4 is 61.5 Å².